The van der Waals surface area contributed by atoms with Crippen LogP contribution in [0.5, 0.6) is 0 Å². The van der Waals surface area contributed by atoms with E-state index in [0.29, 0.717) is 13.0 Å². The molecule has 0 unspecified atom stereocenters. The molecule has 5 nitrogen and oxygen atoms in total. The predicted molar refractivity (Wildman–Crippen MR) is 72.6 cm³/mol. The molecule has 0 aliphatic heterocycles. The van der Waals surface area contributed by atoms with E-state index in [1.54, 1.807) is 0 Å². The molecule has 0 saturated carbocycles. The molecular formula is C13H24N2O3S. The van der Waals surface area contributed by atoms with Gasteiger partial charge in [-0.15, -0.1) is 0 Å². The molecule has 0 radical (unpaired) electrons. The maximum atomic E-state index is 10.5. The third-order valence-electron chi connectivity index (χ3n) is 3.08. The minimum Gasteiger partial charge on any atom is -0.748 e. The molecule has 0 N–H and O–H groups in total. The Bertz CT molecular complexity index is 454. The molecule has 0 spiro atoms. The molecule has 0 atom stereocenters. The summed E-state index contributed by atoms with van der Waals surface area (Å²) in [7, 11) is -4.08. The van der Waals surface area contributed by atoms with Gasteiger partial charge in [0.25, 0.3) is 0 Å². The summed E-state index contributed by atoms with van der Waals surface area (Å²) >= 11 is 0. The van der Waals surface area contributed by atoms with Crippen LogP contribution in [-0.4, -0.2) is 23.3 Å². The van der Waals surface area contributed by atoms with Crippen LogP contribution in [0.25, 0.3) is 0 Å². The lowest BCUT2D eigenvalue weighted by molar-refractivity contribution is -0.696. The first-order valence-electron chi connectivity index (χ1n) is 6.99. The van der Waals surface area contributed by atoms with Crippen molar-refractivity contribution in [1.29, 1.82) is 0 Å². The van der Waals surface area contributed by atoms with E-state index < -0.39 is 10.1 Å². The molecule has 0 bridgehead atoms. The Kier molecular flexibility index (Phi) is 7.09. The quantitative estimate of drug-likeness (QED) is 0.374. The van der Waals surface area contributed by atoms with Crippen LogP contribution in [0.15, 0.2) is 18.7 Å². The summed E-state index contributed by atoms with van der Waals surface area (Å²) in [4.78, 5) is 0. The van der Waals surface area contributed by atoms with E-state index in [2.05, 4.69) is 11.5 Å². The van der Waals surface area contributed by atoms with Gasteiger partial charge in [0, 0.05) is 5.75 Å². The average Bonchev–Trinajstić information content (AvgIpc) is 2.75. The third-order valence-corrected chi connectivity index (χ3v) is 3.87. The number of hydrogen-bond donors (Lipinski definition) is 0. The number of hydrogen-bond acceptors (Lipinski definition) is 3. The molecule has 0 aliphatic rings. The largest absolute Gasteiger partial charge is 0.748 e. The summed E-state index contributed by atoms with van der Waals surface area (Å²) in [6.45, 7) is 3.78. The standard InChI is InChI=1S/C13H24N2O3S/c1-2-3-4-5-6-8-14-10-11-15(13-14)9-7-12-19(16,17)18/h10-11,13H,2-9,12H2,1H3. The summed E-state index contributed by atoms with van der Waals surface area (Å²) < 4.78 is 35.5. The fraction of sp³-hybridized carbons (Fsp3) is 0.769. The van der Waals surface area contributed by atoms with Crippen LogP contribution >= 0.6 is 0 Å². The lowest BCUT2D eigenvalue weighted by atomic mass is 10.1. The highest BCUT2D eigenvalue weighted by Gasteiger charge is 2.04. The van der Waals surface area contributed by atoms with Crippen molar-refractivity contribution in [1.82, 2.24) is 4.57 Å². The zero-order valence-corrected chi connectivity index (χ0v) is 12.4. The van der Waals surface area contributed by atoms with Crippen molar-refractivity contribution >= 4 is 10.1 Å². The van der Waals surface area contributed by atoms with Crippen molar-refractivity contribution in [3.63, 3.8) is 0 Å². The van der Waals surface area contributed by atoms with Gasteiger partial charge in [-0.05, 0) is 19.3 Å². The molecule has 1 rings (SSSR count). The van der Waals surface area contributed by atoms with Gasteiger partial charge < -0.3 is 4.55 Å². The van der Waals surface area contributed by atoms with Crippen LogP contribution in [0.1, 0.15) is 45.4 Å². The van der Waals surface area contributed by atoms with E-state index in [1.165, 1.54) is 32.1 Å². The van der Waals surface area contributed by atoms with Gasteiger partial charge in [-0.3, -0.25) is 0 Å². The van der Waals surface area contributed by atoms with Crippen LogP contribution < -0.4 is 4.57 Å². The summed E-state index contributed by atoms with van der Waals surface area (Å²) in [5.74, 6) is -0.289. The van der Waals surface area contributed by atoms with E-state index in [-0.39, 0.29) is 5.75 Å². The lowest BCUT2D eigenvalue weighted by Crippen LogP contribution is -2.32. The molecule has 0 aliphatic carbocycles. The molecule has 0 amide bonds. The van der Waals surface area contributed by atoms with Gasteiger partial charge in [-0.1, -0.05) is 26.2 Å². The van der Waals surface area contributed by atoms with Crippen LogP contribution in [0.4, 0.5) is 0 Å². The molecular weight excluding hydrogens is 264 g/mol. The Labute approximate surface area is 116 Å². The molecule has 1 aromatic rings. The van der Waals surface area contributed by atoms with Crippen LogP contribution in [0.2, 0.25) is 0 Å². The minimum atomic E-state index is -4.08. The number of aromatic nitrogens is 2. The Morgan fingerprint density at radius 1 is 1.16 bits per heavy atom. The van der Waals surface area contributed by atoms with E-state index in [9.17, 15) is 13.0 Å². The Balaban J connectivity index is 2.21. The number of nitrogens with zero attached hydrogens (tertiary/aromatic N) is 2. The number of imidazole rings is 1. The van der Waals surface area contributed by atoms with Crippen LogP contribution in [0.3, 0.4) is 0 Å². The van der Waals surface area contributed by atoms with Crippen molar-refractivity contribution < 1.29 is 17.5 Å². The van der Waals surface area contributed by atoms with Crippen LogP contribution in [0, 0.1) is 0 Å². The summed E-state index contributed by atoms with van der Waals surface area (Å²) in [5, 5.41) is 0. The molecule has 6 heteroatoms. The summed E-state index contributed by atoms with van der Waals surface area (Å²) in [5.41, 5.74) is 0. The van der Waals surface area contributed by atoms with E-state index in [4.69, 9.17) is 0 Å². The first kappa shape index (κ1) is 16.2. The Hall–Kier alpha value is -0.880. The lowest BCUT2D eigenvalue weighted by Gasteiger charge is -2.04. The Morgan fingerprint density at radius 3 is 2.58 bits per heavy atom. The van der Waals surface area contributed by atoms with Gasteiger partial charge in [0.1, 0.15) is 12.4 Å². The molecule has 0 fully saturated rings. The smallest absolute Gasteiger partial charge is 0.243 e. The van der Waals surface area contributed by atoms with E-state index in [1.807, 2.05) is 23.3 Å². The topological polar surface area (TPSA) is 66.0 Å². The van der Waals surface area contributed by atoms with Crippen LogP contribution in [-0.2, 0) is 23.2 Å². The van der Waals surface area contributed by atoms with Crippen molar-refractivity contribution in [3.8, 4) is 0 Å². The summed E-state index contributed by atoms with van der Waals surface area (Å²) in [6.07, 6.45) is 12.5. The first-order chi connectivity index (χ1) is 9.01. The Morgan fingerprint density at radius 2 is 1.89 bits per heavy atom. The summed E-state index contributed by atoms with van der Waals surface area (Å²) in [6, 6.07) is 0. The highest BCUT2D eigenvalue weighted by atomic mass is 32.2. The van der Waals surface area contributed by atoms with E-state index >= 15 is 0 Å². The fourth-order valence-electron chi connectivity index (χ4n) is 2.03. The van der Waals surface area contributed by atoms with Crippen molar-refractivity contribution in [2.24, 2.45) is 0 Å². The first-order valence-corrected chi connectivity index (χ1v) is 8.57. The maximum Gasteiger partial charge on any atom is 0.243 e. The van der Waals surface area contributed by atoms with Crippen molar-refractivity contribution in [2.75, 3.05) is 5.75 Å². The average molecular weight is 288 g/mol. The number of rotatable bonds is 10. The second-order valence-electron chi connectivity index (χ2n) is 4.92. The maximum absolute atomic E-state index is 10.5. The highest BCUT2D eigenvalue weighted by Crippen LogP contribution is 2.03. The van der Waals surface area contributed by atoms with Crippen molar-refractivity contribution in [2.45, 2.75) is 58.5 Å². The zero-order chi connectivity index (χ0) is 14.1. The normalized spacial score (nSPS) is 11.9. The number of unbranched alkanes of at least 4 members (excludes halogenated alkanes) is 4. The fourth-order valence-corrected chi connectivity index (χ4v) is 2.51. The van der Waals surface area contributed by atoms with E-state index in [0.717, 1.165) is 6.54 Å². The molecule has 1 heterocycles. The minimum absolute atomic E-state index is 0.289. The monoisotopic (exact) mass is 288 g/mol. The second-order valence-corrected chi connectivity index (χ2v) is 6.44. The highest BCUT2D eigenvalue weighted by molar-refractivity contribution is 7.85. The van der Waals surface area contributed by atoms with Gasteiger partial charge in [-0.2, -0.15) is 0 Å². The van der Waals surface area contributed by atoms with Gasteiger partial charge in [0.05, 0.1) is 23.2 Å². The van der Waals surface area contributed by atoms with Gasteiger partial charge in [-0.25, -0.2) is 17.6 Å². The third kappa shape index (κ3) is 8.00. The van der Waals surface area contributed by atoms with Gasteiger partial charge in [0.2, 0.25) is 6.33 Å². The predicted octanol–water partition coefficient (Wildman–Crippen LogP) is 1.68. The molecule has 0 aromatic carbocycles. The van der Waals surface area contributed by atoms with Crippen molar-refractivity contribution in [3.05, 3.63) is 18.7 Å². The molecule has 0 saturated heterocycles. The second kappa shape index (κ2) is 8.32. The SMILES string of the molecule is CCCCCCCn1cc[n+](CCCS(=O)(=O)[O-])c1. The molecule has 110 valence electrons. The van der Waals surface area contributed by atoms with Gasteiger partial charge in [0.15, 0.2) is 0 Å². The molecule has 1 aromatic heterocycles. The molecule has 19 heavy (non-hydrogen) atoms. The zero-order valence-electron chi connectivity index (χ0n) is 11.6. The van der Waals surface area contributed by atoms with Gasteiger partial charge >= 0.3 is 0 Å². The number of aryl methyl sites for hydroxylation is 2.